The Balaban J connectivity index is 2.63. The number of benzene rings is 1. The highest BCUT2D eigenvalue weighted by molar-refractivity contribution is 5.80. The van der Waals surface area contributed by atoms with E-state index in [1.54, 1.807) is 0 Å². The molecule has 0 fully saturated rings. The summed E-state index contributed by atoms with van der Waals surface area (Å²) in [7, 11) is 0. The lowest BCUT2D eigenvalue weighted by molar-refractivity contribution is -0.137. The number of carboxylic acids is 1. The fourth-order valence-electron chi connectivity index (χ4n) is 1.38. The molecule has 0 aliphatic heterocycles. The van der Waals surface area contributed by atoms with Gasteiger partial charge in [-0.1, -0.05) is 12.1 Å². The normalized spacial score (nSPS) is 12.5. The second kappa shape index (κ2) is 5.57. The van der Waals surface area contributed by atoms with Crippen LogP contribution in [0, 0.1) is 0 Å². The van der Waals surface area contributed by atoms with Gasteiger partial charge in [-0.3, -0.25) is 0 Å². The van der Waals surface area contributed by atoms with Gasteiger partial charge >= 0.3 is 12.1 Å². The first-order chi connectivity index (χ1) is 8.29. The van der Waals surface area contributed by atoms with Gasteiger partial charge in [0.1, 0.15) is 0 Å². The van der Waals surface area contributed by atoms with Gasteiger partial charge in [0.25, 0.3) is 0 Å². The molecule has 0 spiro atoms. The highest BCUT2D eigenvalue weighted by atomic mass is 19.4. The first-order valence-electron chi connectivity index (χ1n) is 5.14. The van der Waals surface area contributed by atoms with Crippen molar-refractivity contribution in [3.05, 3.63) is 47.2 Å². The zero-order valence-electron chi connectivity index (χ0n) is 9.37. The van der Waals surface area contributed by atoms with Crippen LogP contribution in [-0.4, -0.2) is 11.1 Å². The molecule has 0 aliphatic rings. The molecular weight excluding hydrogens is 247 g/mol. The standard InChI is InChI=1S/C12H12F3NO2/c13-12(14,15)9-4-1-8(2-5-9)3-6-10(16)7-11(17)18/h1-2,4-5,7H,3,6,16H2,(H,17,18)/b10-7+. The Kier molecular flexibility index (Phi) is 4.36. The van der Waals surface area contributed by atoms with Crippen molar-refractivity contribution in [3.63, 3.8) is 0 Å². The number of carboxylic acid groups (broad SMARTS) is 1. The Labute approximate surface area is 102 Å². The van der Waals surface area contributed by atoms with E-state index in [0.717, 1.165) is 18.2 Å². The summed E-state index contributed by atoms with van der Waals surface area (Å²) in [5.74, 6) is -1.14. The van der Waals surface area contributed by atoms with E-state index in [0.29, 0.717) is 12.0 Å². The highest BCUT2D eigenvalue weighted by Crippen LogP contribution is 2.29. The number of halogens is 3. The van der Waals surface area contributed by atoms with Gasteiger partial charge in [0, 0.05) is 11.8 Å². The van der Waals surface area contributed by atoms with Crippen molar-refractivity contribution in [2.75, 3.05) is 0 Å². The van der Waals surface area contributed by atoms with E-state index in [-0.39, 0.29) is 12.1 Å². The second-order valence-corrected chi connectivity index (χ2v) is 3.75. The van der Waals surface area contributed by atoms with Crippen LogP contribution in [0.4, 0.5) is 13.2 Å². The Bertz CT molecular complexity index is 449. The quantitative estimate of drug-likeness (QED) is 0.817. The number of hydrogen-bond donors (Lipinski definition) is 2. The largest absolute Gasteiger partial charge is 0.478 e. The lowest BCUT2D eigenvalue weighted by Crippen LogP contribution is -2.05. The summed E-state index contributed by atoms with van der Waals surface area (Å²) in [6, 6.07) is 4.70. The third-order valence-electron chi connectivity index (χ3n) is 2.29. The number of allylic oxidation sites excluding steroid dienone is 1. The van der Waals surface area contributed by atoms with E-state index < -0.39 is 17.7 Å². The minimum Gasteiger partial charge on any atom is -0.478 e. The summed E-state index contributed by atoms with van der Waals surface area (Å²) in [6.07, 6.45) is -2.78. The third kappa shape index (κ3) is 4.48. The maximum Gasteiger partial charge on any atom is 0.416 e. The van der Waals surface area contributed by atoms with Crippen molar-refractivity contribution in [2.45, 2.75) is 19.0 Å². The fourth-order valence-corrected chi connectivity index (χ4v) is 1.38. The topological polar surface area (TPSA) is 63.3 Å². The van der Waals surface area contributed by atoms with Crippen molar-refractivity contribution >= 4 is 5.97 Å². The number of rotatable bonds is 4. The number of alkyl halides is 3. The average Bonchev–Trinajstić information content (AvgIpc) is 2.25. The molecule has 0 atom stereocenters. The van der Waals surface area contributed by atoms with E-state index >= 15 is 0 Å². The summed E-state index contributed by atoms with van der Waals surface area (Å²) >= 11 is 0. The van der Waals surface area contributed by atoms with Crippen LogP contribution in [0.25, 0.3) is 0 Å². The minimum absolute atomic E-state index is 0.183. The maximum atomic E-state index is 12.3. The van der Waals surface area contributed by atoms with Gasteiger partial charge in [-0.05, 0) is 30.5 Å². The number of carbonyl (C=O) groups is 1. The molecule has 0 aliphatic carbocycles. The van der Waals surface area contributed by atoms with Crippen molar-refractivity contribution in [1.82, 2.24) is 0 Å². The Morgan fingerprint density at radius 3 is 2.28 bits per heavy atom. The molecule has 3 N–H and O–H groups in total. The summed E-state index contributed by atoms with van der Waals surface area (Å²) < 4.78 is 36.8. The van der Waals surface area contributed by atoms with Crippen LogP contribution in [0.3, 0.4) is 0 Å². The molecule has 0 saturated carbocycles. The summed E-state index contributed by atoms with van der Waals surface area (Å²) in [5.41, 5.74) is 5.57. The van der Waals surface area contributed by atoms with Crippen LogP contribution in [0.2, 0.25) is 0 Å². The van der Waals surface area contributed by atoms with Gasteiger partial charge in [-0.15, -0.1) is 0 Å². The molecule has 1 aromatic carbocycles. The second-order valence-electron chi connectivity index (χ2n) is 3.75. The molecule has 0 aromatic heterocycles. The average molecular weight is 259 g/mol. The third-order valence-corrected chi connectivity index (χ3v) is 2.29. The van der Waals surface area contributed by atoms with Crippen molar-refractivity contribution in [2.24, 2.45) is 5.73 Å². The smallest absolute Gasteiger partial charge is 0.416 e. The predicted octanol–water partition coefficient (Wildman–Crippen LogP) is 2.57. The molecule has 6 heteroatoms. The Morgan fingerprint density at radius 2 is 1.83 bits per heavy atom. The predicted molar refractivity (Wildman–Crippen MR) is 59.7 cm³/mol. The Hall–Kier alpha value is -1.98. The number of aliphatic carboxylic acids is 1. The molecule has 1 aromatic rings. The van der Waals surface area contributed by atoms with Crippen LogP contribution in [0.15, 0.2) is 36.0 Å². The molecule has 18 heavy (non-hydrogen) atoms. The van der Waals surface area contributed by atoms with Crippen LogP contribution in [-0.2, 0) is 17.4 Å². The van der Waals surface area contributed by atoms with E-state index in [4.69, 9.17) is 10.8 Å². The van der Waals surface area contributed by atoms with Crippen molar-refractivity contribution < 1.29 is 23.1 Å². The van der Waals surface area contributed by atoms with E-state index in [2.05, 4.69) is 0 Å². The van der Waals surface area contributed by atoms with Gasteiger partial charge in [0.2, 0.25) is 0 Å². The van der Waals surface area contributed by atoms with E-state index in [1.807, 2.05) is 0 Å². The van der Waals surface area contributed by atoms with Crippen molar-refractivity contribution in [3.8, 4) is 0 Å². The molecule has 98 valence electrons. The molecule has 3 nitrogen and oxygen atoms in total. The molecule has 1 rings (SSSR count). The summed E-state index contributed by atoms with van der Waals surface area (Å²) in [4.78, 5) is 10.3. The van der Waals surface area contributed by atoms with Gasteiger partial charge in [-0.2, -0.15) is 13.2 Å². The lowest BCUT2D eigenvalue weighted by atomic mass is 10.1. The zero-order valence-corrected chi connectivity index (χ0v) is 9.37. The molecule has 0 saturated heterocycles. The van der Waals surface area contributed by atoms with Crippen LogP contribution >= 0.6 is 0 Å². The fraction of sp³-hybridized carbons (Fsp3) is 0.250. The molecule has 0 heterocycles. The molecule has 0 bridgehead atoms. The number of aryl methyl sites for hydroxylation is 1. The van der Waals surface area contributed by atoms with Crippen LogP contribution in [0.5, 0.6) is 0 Å². The summed E-state index contributed by atoms with van der Waals surface area (Å²) in [6.45, 7) is 0. The molecule has 0 radical (unpaired) electrons. The van der Waals surface area contributed by atoms with E-state index in [9.17, 15) is 18.0 Å². The minimum atomic E-state index is -4.35. The zero-order chi connectivity index (χ0) is 13.8. The monoisotopic (exact) mass is 259 g/mol. The van der Waals surface area contributed by atoms with Crippen LogP contribution in [0.1, 0.15) is 17.5 Å². The number of hydrogen-bond acceptors (Lipinski definition) is 2. The SMILES string of the molecule is N/C(=C/C(=O)O)CCc1ccc(C(F)(F)F)cc1. The summed E-state index contributed by atoms with van der Waals surface area (Å²) in [5, 5.41) is 8.43. The maximum absolute atomic E-state index is 12.3. The molecule has 0 unspecified atom stereocenters. The van der Waals surface area contributed by atoms with Gasteiger partial charge in [0.15, 0.2) is 0 Å². The Morgan fingerprint density at radius 1 is 1.28 bits per heavy atom. The van der Waals surface area contributed by atoms with Gasteiger partial charge in [-0.25, -0.2) is 4.79 Å². The van der Waals surface area contributed by atoms with Crippen LogP contribution < -0.4 is 5.73 Å². The van der Waals surface area contributed by atoms with Crippen molar-refractivity contribution in [1.29, 1.82) is 0 Å². The lowest BCUT2D eigenvalue weighted by Gasteiger charge is -2.07. The van der Waals surface area contributed by atoms with E-state index in [1.165, 1.54) is 12.1 Å². The first kappa shape index (κ1) is 14.1. The molecular formula is C12H12F3NO2. The number of nitrogens with two attached hydrogens (primary N) is 1. The first-order valence-corrected chi connectivity index (χ1v) is 5.14. The van der Waals surface area contributed by atoms with Gasteiger partial charge < -0.3 is 10.8 Å². The van der Waals surface area contributed by atoms with Gasteiger partial charge in [0.05, 0.1) is 5.56 Å². The molecule has 0 amide bonds. The highest BCUT2D eigenvalue weighted by Gasteiger charge is 2.29.